The Morgan fingerprint density at radius 2 is 1.93 bits per heavy atom. The van der Waals surface area contributed by atoms with Crippen LogP contribution in [0.4, 0.5) is 0 Å². The molecule has 0 aromatic carbocycles. The molecule has 0 heterocycles. The van der Waals surface area contributed by atoms with E-state index in [9.17, 15) is 0 Å². The van der Waals surface area contributed by atoms with Crippen LogP contribution >= 0.6 is 15.9 Å². The summed E-state index contributed by atoms with van der Waals surface area (Å²) in [6, 6.07) is 0. The Morgan fingerprint density at radius 1 is 1.07 bits per heavy atom. The van der Waals surface area contributed by atoms with Crippen molar-refractivity contribution < 1.29 is 0 Å². The molecule has 0 N–H and O–H groups in total. The first-order chi connectivity index (χ1) is 7.33. The van der Waals surface area contributed by atoms with Gasteiger partial charge in [-0.1, -0.05) is 35.2 Å². The van der Waals surface area contributed by atoms with E-state index in [1.165, 1.54) is 32.1 Å². The maximum absolute atomic E-state index is 3.86. The first-order valence-corrected chi connectivity index (χ1v) is 7.88. The highest BCUT2D eigenvalue weighted by atomic mass is 79.9. The van der Waals surface area contributed by atoms with Gasteiger partial charge in [0.05, 0.1) is 0 Å². The molecule has 3 rings (SSSR count). The first-order valence-electron chi connectivity index (χ1n) is 6.97. The largest absolute Gasteiger partial charge is 0.0888 e. The summed E-state index contributed by atoms with van der Waals surface area (Å²) < 4.78 is 0. The summed E-state index contributed by atoms with van der Waals surface area (Å²) in [5, 5.41) is 0. The van der Waals surface area contributed by atoms with Gasteiger partial charge in [-0.3, -0.25) is 0 Å². The molecule has 0 aliphatic heterocycles. The van der Waals surface area contributed by atoms with E-state index >= 15 is 0 Å². The molecule has 0 saturated heterocycles. The average Bonchev–Trinajstić information content (AvgIpc) is 2.90. The van der Waals surface area contributed by atoms with Crippen LogP contribution in [0.15, 0.2) is 0 Å². The first kappa shape index (κ1) is 10.6. The van der Waals surface area contributed by atoms with Crippen molar-refractivity contribution in [3.8, 4) is 0 Å². The third kappa shape index (κ3) is 2.43. The highest BCUT2D eigenvalue weighted by molar-refractivity contribution is 9.09. The van der Waals surface area contributed by atoms with Crippen molar-refractivity contribution in [1.29, 1.82) is 0 Å². The SMILES string of the molecule is BrC(CCCC1CC2CCC1C2)C1CC1. The van der Waals surface area contributed by atoms with E-state index in [-0.39, 0.29) is 0 Å². The number of hydrogen-bond acceptors (Lipinski definition) is 0. The molecule has 15 heavy (non-hydrogen) atoms. The van der Waals surface area contributed by atoms with Gasteiger partial charge in [0.1, 0.15) is 0 Å². The highest BCUT2D eigenvalue weighted by Gasteiger charge is 2.39. The van der Waals surface area contributed by atoms with Crippen LogP contribution in [0.25, 0.3) is 0 Å². The fourth-order valence-electron chi connectivity index (χ4n) is 4.00. The summed E-state index contributed by atoms with van der Waals surface area (Å²) in [6.45, 7) is 0. The van der Waals surface area contributed by atoms with Gasteiger partial charge in [0.15, 0.2) is 0 Å². The van der Waals surface area contributed by atoms with E-state index in [2.05, 4.69) is 15.9 Å². The second-order valence-electron chi connectivity index (χ2n) is 6.22. The van der Waals surface area contributed by atoms with Crippen molar-refractivity contribution >= 4 is 15.9 Å². The van der Waals surface area contributed by atoms with Crippen molar-refractivity contribution in [3.63, 3.8) is 0 Å². The van der Waals surface area contributed by atoms with Crippen molar-refractivity contribution in [2.45, 2.75) is 62.6 Å². The van der Waals surface area contributed by atoms with Gasteiger partial charge in [0.25, 0.3) is 0 Å². The van der Waals surface area contributed by atoms with Crippen LogP contribution in [0.5, 0.6) is 0 Å². The Hall–Kier alpha value is 0.480. The Kier molecular flexibility index (Phi) is 3.11. The molecule has 3 aliphatic carbocycles. The molecular weight excluding hydrogens is 248 g/mol. The maximum atomic E-state index is 3.86. The van der Waals surface area contributed by atoms with Crippen molar-refractivity contribution in [2.75, 3.05) is 0 Å². The van der Waals surface area contributed by atoms with Crippen LogP contribution in [0.1, 0.15) is 57.8 Å². The molecular formula is C14H23Br. The molecule has 0 radical (unpaired) electrons. The Balaban J connectivity index is 1.35. The molecule has 0 amide bonds. The number of fused-ring (bicyclic) bond motifs is 2. The lowest BCUT2D eigenvalue weighted by Crippen LogP contribution is -2.11. The fourth-order valence-corrected chi connectivity index (χ4v) is 4.85. The standard InChI is InChI=1S/C14H23Br/c15-14(11-6-7-11)3-1-2-12-8-10-4-5-13(12)9-10/h10-14H,1-9H2. The number of alkyl halides is 1. The lowest BCUT2D eigenvalue weighted by Gasteiger charge is -2.21. The summed E-state index contributed by atoms with van der Waals surface area (Å²) >= 11 is 3.86. The zero-order valence-electron chi connectivity index (χ0n) is 9.63. The van der Waals surface area contributed by atoms with Crippen molar-refractivity contribution in [2.24, 2.45) is 23.7 Å². The topological polar surface area (TPSA) is 0 Å². The lowest BCUT2D eigenvalue weighted by atomic mass is 9.85. The molecule has 86 valence electrons. The van der Waals surface area contributed by atoms with E-state index in [4.69, 9.17) is 0 Å². The van der Waals surface area contributed by atoms with Gasteiger partial charge < -0.3 is 0 Å². The van der Waals surface area contributed by atoms with Gasteiger partial charge in [-0.25, -0.2) is 0 Å². The Labute approximate surface area is 102 Å². The van der Waals surface area contributed by atoms with Crippen LogP contribution in [-0.4, -0.2) is 4.83 Å². The van der Waals surface area contributed by atoms with E-state index < -0.39 is 0 Å². The summed E-state index contributed by atoms with van der Waals surface area (Å²) in [6.07, 6.45) is 13.7. The second-order valence-corrected chi connectivity index (χ2v) is 7.40. The normalized spacial score (nSPS) is 41.0. The van der Waals surface area contributed by atoms with Gasteiger partial charge in [-0.2, -0.15) is 0 Å². The minimum atomic E-state index is 0.857. The zero-order valence-corrected chi connectivity index (χ0v) is 11.2. The van der Waals surface area contributed by atoms with Gasteiger partial charge in [0, 0.05) is 4.83 Å². The molecule has 3 aliphatic rings. The minimum Gasteiger partial charge on any atom is -0.0888 e. The number of rotatable bonds is 5. The molecule has 0 nitrogen and oxygen atoms in total. The van der Waals surface area contributed by atoms with Crippen LogP contribution in [0, 0.1) is 23.7 Å². The third-order valence-electron chi connectivity index (χ3n) is 5.07. The van der Waals surface area contributed by atoms with Crippen LogP contribution in [-0.2, 0) is 0 Å². The quantitative estimate of drug-likeness (QED) is 0.632. The molecule has 3 saturated carbocycles. The predicted molar refractivity (Wildman–Crippen MR) is 68.2 cm³/mol. The molecule has 0 aromatic heterocycles. The molecule has 0 aromatic rings. The molecule has 4 atom stereocenters. The summed E-state index contributed by atoms with van der Waals surface area (Å²) in [5.41, 5.74) is 0. The fraction of sp³-hybridized carbons (Fsp3) is 1.00. The second kappa shape index (κ2) is 4.39. The average molecular weight is 271 g/mol. The highest BCUT2D eigenvalue weighted by Crippen LogP contribution is 2.50. The molecule has 4 unspecified atom stereocenters. The van der Waals surface area contributed by atoms with Gasteiger partial charge in [-0.15, -0.1) is 0 Å². The van der Waals surface area contributed by atoms with Crippen molar-refractivity contribution in [1.82, 2.24) is 0 Å². The van der Waals surface area contributed by atoms with Gasteiger partial charge in [0.2, 0.25) is 0 Å². The van der Waals surface area contributed by atoms with E-state index in [0.717, 1.165) is 28.5 Å². The summed E-state index contributed by atoms with van der Waals surface area (Å²) in [5.74, 6) is 4.46. The monoisotopic (exact) mass is 270 g/mol. The molecule has 2 bridgehead atoms. The number of hydrogen-bond donors (Lipinski definition) is 0. The van der Waals surface area contributed by atoms with Gasteiger partial charge in [-0.05, 0) is 62.2 Å². The van der Waals surface area contributed by atoms with E-state index in [0.29, 0.717) is 0 Å². The van der Waals surface area contributed by atoms with E-state index in [1.807, 2.05) is 0 Å². The van der Waals surface area contributed by atoms with Gasteiger partial charge >= 0.3 is 0 Å². The predicted octanol–water partition coefficient (Wildman–Crippen LogP) is 4.77. The summed E-state index contributed by atoms with van der Waals surface area (Å²) in [4.78, 5) is 0.857. The van der Waals surface area contributed by atoms with Crippen LogP contribution < -0.4 is 0 Å². The molecule has 1 heteroatoms. The Morgan fingerprint density at radius 3 is 2.53 bits per heavy atom. The third-order valence-corrected chi connectivity index (χ3v) is 6.28. The van der Waals surface area contributed by atoms with Crippen LogP contribution in [0.2, 0.25) is 0 Å². The van der Waals surface area contributed by atoms with Crippen molar-refractivity contribution in [3.05, 3.63) is 0 Å². The number of halogens is 1. The van der Waals surface area contributed by atoms with Crippen LogP contribution in [0.3, 0.4) is 0 Å². The van der Waals surface area contributed by atoms with E-state index in [1.54, 1.807) is 25.7 Å². The minimum absolute atomic E-state index is 0.857. The lowest BCUT2D eigenvalue weighted by molar-refractivity contribution is 0.305. The maximum Gasteiger partial charge on any atom is 0.0174 e. The molecule has 0 spiro atoms. The Bertz CT molecular complexity index is 221. The molecule has 3 fully saturated rings. The zero-order chi connectivity index (χ0) is 10.3. The smallest absolute Gasteiger partial charge is 0.0174 e. The summed E-state index contributed by atoms with van der Waals surface area (Å²) in [7, 11) is 0.